The van der Waals surface area contributed by atoms with Crippen molar-refractivity contribution in [3.8, 4) is 0 Å². The fourth-order valence-electron chi connectivity index (χ4n) is 2.32. The second kappa shape index (κ2) is 6.50. The van der Waals surface area contributed by atoms with Crippen LogP contribution in [0.4, 0.5) is 0 Å². The number of aryl methyl sites for hydroxylation is 2. The van der Waals surface area contributed by atoms with Crippen molar-refractivity contribution in [1.82, 2.24) is 10.6 Å². The van der Waals surface area contributed by atoms with Crippen molar-refractivity contribution in [2.24, 2.45) is 5.92 Å². The van der Waals surface area contributed by atoms with E-state index in [9.17, 15) is 4.79 Å². The van der Waals surface area contributed by atoms with Crippen molar-refractivity contribution in [3.63, 3.8) is 0 Å². The van der Waals surface area contributed by atoms with E-state index in [1.54, 1.807) is 11.3 Å². The summed E-state index contributed by atoms with van der Waals surface area (Å²) < 4.78 is 5.40. The molecule has 1 aromatic heterocycles. The van der Waals surface area contributed by atoms with Gasteiger partial charge in [-0.25, -0.2) is 0 Å². The molecule has 0 aromatic carbocycles. The normalized spacial score (nSPS) is 22.7. The molecule has 2 N–H and O–H groups in total. The Hall–Kier alpha value is -0.910. The second-order valence-electron chi connectivity index (χ2n) is 4.98. The summed E-state index contributed by atoms with van der Waals surface area (Å²) in [5.41, 5.74) is 1.30. The maximum Gasteiger partial charge on any atom is 0.227 e. The third kappa shape index (κ3) is 3.55. The lowest BCUT2D eigenvalue weighted by Crippen LogP contribution is -2.43. The van der Waals surface area contributed by atoms with Gasteiger partial charge in [-0.2, -0.15) is 0 Å². The van der Waals surface area contributed by atoms with Crippen molar-refractivity contribution < 1.29 is 9.53 Å². The number of carbonyl (C=O) groups excluding carboxylic acids is 1. The third-order valence-corrected chi connectivity index (χ3v) is 4.69. The first-order valence-electron chi connectivity index (χ1n) is 6.76. The number of ether oxygens (including phenoxy) is 1. The standard InChI is InChI=1S/C14H22N2O2S/c1-4-15-13-8-18-7-12(13)14(17)16-6-11-5-9(2)10(3)19-11/h5,12-13,15H,4,6-8H2,1-3H3,(H,16,17). The molecule has 1 aliphatic rings. The zero-order chi connectivity index (χ0) is 13.8. The molecule has 2 rings (SSSR count). The van der Waals surface area contributed by atoms with Crippen LogP contribution in [0, 0.1) is 19.8 Å². The SMILES string of the molecule is CCNC1COCC1C(=O)NCc1cc(C)c(C)s1. The largest absolute Gasteiger partial charge is 0.379 e. The van der Waals surface area contributed by atoms with Crippen LogP contribution in [0.15, 0.2) is 6.07 Å². The molecule has 5 heteroatoms. The molecule has 1 fully saturated rings. The van der Waals surface area contributed by atoms with Crippen LogP contribution in [0.5, 0.6) is 0 Å². The van der Waals surface area contributed by atoms with E-state index in [1.165, 1.54) is 15.3 Å². The molecule has 0 spiro atoms. The van der Waals surface area contributed by atoms with Gasteiger partial charge in [-0.1, -0.05) is 6.92 Å². The molecule has 19 heavy (non-hydrogen) atoms. The Kier molecular flexibility index (Phi) is 4.96. The number of rotatable bonds is 5. The van der Waals surface area contributed by atoms with Crippen molar-refractivity contribution in [2.45, 2.75) is 33.4 Å². The maximum absolute atomic E-state index is 12.2. The first-order valence-corrected chi connectivity index (χ1v) is 7.58. The lowest BCUT2D eigenvalue weighted by Gasteiger charge is -2.17. The molecule has 0 radical (unpaired) electrons. The van der Waals surface area contributed by atoms with E-state index in [4.69, 9.17) is 4.74 Å². The zero-order valence-corrected chi connectivity index (χ0v) is 12.6. The number of thiophene rings is 1. The number of hydrogen-bond acceptors (Lipinski definition) is 4. The van der Waals surface area contributed by atoms with E-state index >= 15 is 0 Å². The average Bonchev–Trinajstić information content (AvgIpc) is 2.95. The number of amides is 1. The van der Waals surface area contributed by atoms with Gasteiger partial charge in [-0.05, 0) is 32.0 Å². The van der Waals surface area contributed by atoms with Crippen molar-refractivity contribution in [1.29, 1.82) is 0 Å². The average molecular weight is 282 g/mol. The molecule has 106 valence electrons. The van der Waals surface area contributed by atoms with Gasteiger partial charge in [0.25, 0.3) is 0 Å². The second-order valence-corrected chi connectivity index (χ2v) is 6.32. The Labute approximate surface area is 118 Å². The minimum Gasteiger partial charge on any atom is -0.379 e. The van der Waals surface area contributed by atoms with E-state index in [1.807, 2.05) is 6.92 Å². The van der Waals surface area contributed by atoms with Crippen LogP contribution in [-0.4, -0.2) is 31.7 Å². The summed E-state index contributed by atoms with van der Waals surface area (Å²) in [4.78, 5) is 14.7. The topological polar surface area (TPSA) is 50.4 Å². The first-order chi connectivity index (χ1) is 9.11. The minimum atomic E-state index is -0.0675. The summed E-state index contributed by atoms with van der Waals surface area (Å²) in [7, 11) is 0. The van der Waals surface area contributed by atoms with Crippen molar-refractivity contribution in [2.75, 3.05) is 19.8 Å². The summed E-state index contributed by atoms with van der Waals surface area (Å²) >= 11 is 1.75. The Balaban J connectivity index is 1.87. The number of carbonyl (C=O) groups is 1. The fraction of sp³-hybridized carbons (Fsp3) is 0.643. The molecule has 0 saturated carbocycles. The lowest BCUT2D eigenvalue weighted by atomic mass is 10.0. The predicted molar refractivity (Wildman–Crippen MR) is 77.4 cm³/mol. The van der Waals surface area contributed by atoms with Gasteiger partial charge < -0.3 is 15.4 Å². The van der Waals surface area contributed by atoms with Crippen LogP contribution in [0.3, 0.4) is 0 Å². The highest BCUT2D eigenvalue weighted by Crippen LogP contribution is 2.21. The van der Waals surface area contributed by atoms with Gasteiger partial charge in [0.1, 0.15) is 0 Å². The molecule has 1 aromatic rings. The fourth-order valence-corrected chi connectivity index (χ4v) is 3.31. The van der Waals surface area contributed by atoms with Gasteiger partial charge in [-0.15, -0.1) is 11.3 Å². The minimum absolute atomic E-state index is 0.0675. The van der Waals surface area contributed by atoms with Gasteiger partial charge in [0, 0.05) is 15.8 Å². The Morgan fingerprint density at radius 3 is 2.89 bits per heavy atom. The molecule has 2 heterocycles. The summed E-state index contributed by atoms with van der Waals surface area (Å²) in [6.07, 6.45) is 0. The van der Waals surface area contributed by atoms with E-state index in [0.717, 1.165) is 6.54 Å². The van der Waals surface area contributed by atoms with Crippen molar-refractivity contribution >= 4 is 17.2 Å². The van der Waals surface area contributed by atoms with Crippen molar-refractivity contribution in [3.05, 3.63) is 21.4 Å². The number of likely N-dealkylation sites (N-methyl/N-ethyl adjacent to an activating group) is 1. The van der Waals surface area contributed by atoms with Crippen LogP contribution in [0.2, 0.25) is 0 Å². The summed E-state index contributed by atoms with van der Waals surface area (Å²) in [6, 6.07) is 2.30. The molecule has 0 bridgehead atoms. The van der Waals surface area contributed by atoms with Crippen LogP contribution < -0.4 is 10.6 Å². The lowest BCUT2D eigenvalue weighted by molar-refractivity contribution is -0.125. The predicted octanol–water partition coefficient (Wildman–Crippen LogP) is 1.61. The monoisotopic (exact) mass is 282 g/mol. The molecule has 2 unspecified atom stereocenters. The molecule has 1 amide bonds. The smallest absolute Gasteiger partial charge is 0.227 e. The van der Waals surface area contributed by atoms with Crippen LogP contribution in [-0.2, 0) is 16.1 Å². The molecule has 0 aliphatic carbocycles. The summed E-state index contributed by atoms with van der Waals surface area (Å²) in [6.45, 7) is 8.88. The third-order valence-electron chi connectivity index (χ3n) is 3.54. The molecule has 1 saturated heterocycles. The highest BCUT2D eigenvalue weighted by molar-refractivity contribution is 7.12. The molecule has 1 aliphatic heterocycles. The first kappa shape index (κ1) is 14.5. The van der Waals surface area contributed by atoms with Crippen LogP contribution in [0.25, 0.3) is 0 Å². The van der Waals surface area contributed by atoms with Gasteiger partial charge in [0.2, 0.25) is 5.91 Å². The van der Waals surface area contributed by atoms with Gasteiger partial charge >= 0.3 is 0 Å². The molecule has 4 nitrogen and oxygen atoms in total. The van der Waals surface area contributed by atoms with Crippen LogP contribution in [0.1, 0.15) is 22.2 Å². The van der Waals surface area contributed by atoms with E-state index in [2.05, 4.69) is 30.5 Å². The number of nitrogens with one attached hydrogen (secondary N) is 2. The summed E-state index contributed by atoms with van der Waals surface area (Å²) in [5, 5.41) is 6.32. The van der Waals surface area contributed by atoms with Gasteiger partial charge in [-0.3, -0.25) is 4.79 Å². The van der Waals surface area contributed by atoms with Crippen LogP contribution >= 0.6 is 11.3 Å². The summed E-state index contributed by atoms with van der Waals surface area (Å²) in [5.74, 6) is 0.0225. The van der Waals surface area contributed by atoms with E-state index in [-0.39, 0.29) is 17.9 Å². The van der Waals surface area contributed by atoms with E-state index in [0.29, 0.717) is 19.8 Å². The maximum atomic E-state index is 12.2. The Bertz CT molecular complexity index is 425. The van der Waals surface area contributed by atoms with E-state index < -0.39 is 0 Å². The van der Waals surface area contributed by atoms with Gasteiger partial charge in [0.15, 0.2) is 0 Å². The molecule has 2 atom stereocenters. The molecular formula is C14H22N2O2S. The van der Waals surface area contributed by atoms with Gasteiger partial charge in [0.05, 0.1) is 25.7 Å². The number of hydrogen-bond donors (Lipinski definition) is 2. The Morgan fingerprint density at radius 1 is 1.47 bits per heavy atom. The highest BCUT2D eigenvalue weighted by Gasteiger charge is 2.33. The quantitative estimate of drug-likeness (QED) is 0.862. The Morgan fingerprint density at radius 2 is 2.26 bits per heavy atom. The molecular weight excluding hydrogens is 260 g/mol. The zero-order valence-electron chi connectivity index (χ0n) is 11.8. The highest BCUT2D eigenvalue weighted by atomic mass is 32.1.